The van der Waals surface area contributed by atoms with Crippen LogP contribution in [0.1, 0.15) is 47.5 Å². The van der Waals surface area contributed by atoms with Crippen LogP contribution in [-0.4, -0.2) is 37.2 Å². The summed E-state index contributed by atoms with van der Waals surface area (Å²) in [6.07, 6.45) is 0.991. The topological polar surface area (TPSA) is 83.5 Å². The Hall–Kier alpha value is -0.910. The average Bonchev–Trinajstić information content (AvgIpc) is 2.27. The van der Waals surface area contributed by atoms with E-state index in [0.29, 0.717) is 0 Å². The minimum absolute atomic E-state index is 0.247. The van der Waals surface area contributed by atoms with E-state index in [-0.39, 0.29) is 17.9 Å². The first-order valence-corrected chi connectivity index (χ1v) is 7.38. The fraction of sp³-hybridized carbons (Fsp3) is 0.833. The molecule has 0 spiro atoms. The predicted octanol–water partition coefficient (Wildman–Crippen LogP) is 1.29. The summed E-state index contributed by atoms with van der Waals surface area (Å²) in [5, 5.41) is 9.90. The normalized spacial score (nSPS) is 16.7. The predicted molar refractivity (Wildman–Crippen MR) is 71.8 cm³/mol. The molecule has 3 atom stereocenters. The fourth-order valence-electron chi connectivity index (χ4n) is 1.31. The van der Waals surface area contributed by atoms with E-state index in [1.807, 2.05) is 20.8 Å². The molecule has 5 nitrogen and oxygen atoms in total. The van der Waals surface area contributed by atoms with Crippen molar-refractivity contribution < 1.29 is 18.9 Å². The minimum atomic E-state index is -1.71. The summed E-state index contributed by atoms with van der Waals surface area (Å²) in [5.41, 5.74) is -0.375. The van der Waals surface area contributed by atoms with Gasteiger partial charge in [-0.25, -0.2) is 0 Å². The Morgan fingerprint density at radius 1 is 1.33 bits per heavy atom. The van der Waals surface area contributed by atoms with E-state index in [2.05, 4.69) is 5.32 Å². The van der Waals surface area contributed by atoms with Crippen molar-refractivity contribution in [3.63, 3.8) is 0 Å². The van der Waals surface area contributed by atoms with Gasteiger partial charge in [0.2, 0.25) is 5.91 Å². The highest BCUT2D eigenvalue weighted by Crippen LogP contribution is 2.12. The number of carboxylic acids is 1. The second-order valence-electron chi connectivity index (χ2n) is 4.93. The molecule has 0 bridgehead atoms. The highest BCUT2D eigenvalue weighted by atomic mass is 32.2. The number of carbonyl (C=O) groups is 2. The first kappa shape index (κ1) is 17.1. The molecule has 0 aromatic rings. The molecule has 18 heavy (non-hydrogen) atoms. The van der Waals surface area contributed by atoms with Gasteiger partial charge in [0.25, 0.3) is 0 Å². The van der Waals surface area contributed by atoms with Crippen molar-refractivity contribution in [2.45, 2.75) is 63.5 Å². The second-order valence-corrected chi connectivity index (χ2v) is 6.87. The van der Waals surface area contributed by atoms with Gasteiger partial charge < -0.3 is 10.4 Å². The molecule has 2 N–H and O–H groups in total. The van der Waals surface area contributed by atoms with Gasteiger partial charge in [0.1, 0.15) is 10.5 Å². The van der Waals surface area contributed by atoms with Gasteiger partial charge in [-0.05, 0) is 33.6 Å². The zero-order valence-electron chi connectivity index (χ0n) is 11.6. The maximum atomic E-state index is 12.0. The molecular formula is C12H23NO4S. The SMILES string of the molecule is CCC(C(=O)O)S(=O)C(C)C(=O)NC(C)(C)CC. The van der Waals surface area contributed by atoms with Crippen LogP contribution in [0.3, 0.4) is 0 Å². The Morgan fingerprint density at radius 3 is 2.17 bits per heavy atom. The van der Waals surface area contributed by atoms with Gasteiger partial charge in [0, 0.05) is 16.3 Å². The molecule has 0 heterocycles. The molecule has 106 valence electrons. The van der Waals surface area contributed by atoms with Crippen molar-refractivity contribution >= 4 is 22.7 Å². The number of carbonyl (C=O) groups excluding carboxylic acids is 1. The molecule has 0 aliphatic carbocycles. The molecule has 0 aliphatic heterocycles. The highest BCUT2D eigenvalue weighted by molar-refractivity contribution is 7.87. The molecule has 0 radical (unpaired) electrons. The number of rotatable bonds is 7. The maximum absolute atomic E-state index is 12.0. The van der Waals surface area contributed by atoms with Gasteiger partial charge in [-0.15, -0.1) is 0 Å². The first-order chi connectivity index (χ1) is 8.16. The number of nitrogens with one attached hydrogen (secondary N) is 1. The largest absolute Gasteiger partial charge is 0.480 e. The van der Waals surface area contributed by atoms with Gasteiger partial charge in [-0.1, -0.05) is 13.8 Å². The van der Waals surface area contributed by atoms with Gasteiger partial charge in [-0.3, -0.25) is 13.8 Å². The number of carboxylic acid groups (broad SMARTS) is 1. The third kappa shape index (κ3) is 4.76. The van der Waals surface area contributed by atoms with Gasteiger partial charge in [-0.2, -0.15) is 0 Å². The van der Waals surface area contributed by atoms with Crippen LogP contribution in [0.15, 0.2) is 0 Å². The lowest BCUT2D eigenvalue weighted by Gasteiger charge is -2.26. The average molecular weight is 277 g/mol. The van der Waals surface area contributed by atoms with Crippen LogP contribution < -0.4 is 5.32 Å². The van der Waals surface area contributed by atoms with Crippen LogP contribution in [0.4, 0.5) is 0 Å². The summed E-state index contributed by atoms with van der Waals surface area (Å²) in [4.78, 5) is 22.8. The molecule has 0 saturated carbocycles. The minimum Gasteiger partial charge on any atom is -0.480 e. The molecule has 1 amide bonds. The lowest BCUT2D eigenvalue weighted by Crippen LogP contribution is -2.49. The number of amides is 1. The molecule has 0 saturated heterocycles. The van der Waals surface area contributed by atoms with Crippen molar-refractivity contribution in [2.24, 2.45) is 0 Å². The Balaban J connectivity index is 4.74. The third-order valence-electron chi connectivity index (χ3n) is 2.99. The molecule has 0 aliphatic rings. The van der Waals surface area contributed by atoms with Gasteiger partial charge in [0.05, 0.1) is 0 Å². The lowest BCUT2D eigenvalue weighted by molar-refractivity contribution is -0.136. The van der Waals surface area contributed by atoms with E-state index in [1.165, 1.54) is 6.92 Å². The summed E-state index contributed by atoms with van der Waals surface area (Å²) in [6.45, 7) is 8.83. The molecule has 3 unspecified atom stereocenters. The molecule has 0 aromatic carbocycles. The molecule has 0 rings (SSSR count). The van der Waals surface area contributed by atoms with E-state index >= 15 is 0 Å². The third-order valence-corrected chi connectivity index (χ3v) is 5.00. The Bertz CT molecular complexity index is 341. The van der Waals surface area contributed by atoms with E-state index in [4.69, 9.17) is 5.11 Å². The van der Waals surface area contributed by atoms with Crippen LogP contribution in [0.2, 0.25) is 0 Å². The van der Waals surface area contributed by atoms with Gasteiger partial charge in [0.15, 0.2) is 0 Å². The molecule has 6 heteroatoms. The highest BCUT2D eigenvalue weighted by Gasteiger charge is 2.32. The first-order valence-electron chi connectivity index (χ1n) is 6.10. The van der Waals surface area contributed by atoms with E-state index in [0.717, 1.165) is 6.42 Å². The van der Waals surface area contributed by atoms with E-state index in [1.54, 1.807) is 6.92 Å². The van der Waals surface area contributed by atoms with Crippen LogP contribution >= 0.6 is 0 Å². The van der Waals surface area contributed by atoms with Crippen LogP contribution in [-0.2, 0) is 20.4 Å². The fourth-order valence-corrected chi connectivity index (χ4v) is 2.60. The van der Waals surface area contributed by atoms with Crippen molar-refractivity contribution in [3.05, 3.63) is 0 Å². The van der Waals surface area contributed by atoms with Crippen LogP contribution in [0, 0.1) is 0 Å². The maximum Gasteiger partial charge on any atom is 0.319 e. The van der Waals surface area contributed by atoms with Crippen molar-refractivity contribution in [2.75, 3.05) is 0 Å². The Kier molecular flexibility index (Phi) is 6.52. The van der Waals surface area contributed by atoms with Crippen molar-refractivity contribution in [1.82, 2.24) is 5.32 Å². The number of hydrogen-bond acceptors (Lipinski definition) is 3. The quantitative estimate of drug-likeness (QED) is 0.734. The summed E-state index contributed by atoms with van der Waals surface area (Å²) in [7, 11) is -1.71. The second kappa shape index (κ2) is 6.87. The number of aliphatic carboxylic acids is 1. The monoisotopic (exact) mass is 277 g/mol. The lowest BCUT2D eigenvalue weighted by atomic mass is 10.0. The van der Waals surface area contributed by atoms with E-state index < -0.39 is 27.3 Å². The zero-order valence-corrected chi connectivity index (χ0v) is 12.5. The summed E-state index contributed by atoms with van der Waals surface area (Å²) in [6, 6.07) is 0. The number of hydrogen-bond donors (Lipinski definition) is 2. The molecule has 0 fully saturated rings. The van der Waals surface area contributed by atoms with Crippen molar-refractivity contribution in [1.29, 1.82) is 0 Å². The standard InChI is InChI=1S/C12H23NO4S/c1-6-9(11(15)16)18(17)8(3)10(14)13-12(4,5)7-2/h8-9H,6-7H2,1-5H3,(H,13,14)(H,15,16). The zero-order chi connectivity index (χ0) is 14.5. The Labute approximate surface area is 111 Å². The summed E-state index contributed by atoms with van der Waals surface area (Å²) in [5.74, 6) is -1.48. The van der Waals surface area contributed by atoms with Crippen LogP contribution in [0.5, 0.6) is 0 Å². The Morgan fingerprint density at radius 2 is 1.83 bits per heavy atom. The van der Waals surface area contributed by atoms with Gasteiger partial charge >= 0.3 is 5.97 Å². The summed E-state index contributed by atoms with van der Waals surface area (Å²) >= 11 is 0. The van der Waals surface area contributed by atoms with E-state index in [9.17, 15) is 13.8 Å². The molecular weight excluding hydrogens is 254 g/mol. The van der Waals surface area contributed by atoms with Crippen LogP contribution in [0.25, 0.3) is 0 Å². The smallest absolute Gasteiger partial charge is 0.319 e. The molecule has 0 aromatic heterocycles. The van der Waals surface area contributed by atoms with Crippen molar-refractivity contribution in [3.8, 4) is 0 Å². The summed E-state index contributed by atoms with van der Waals surface area (Å²) < 4.78 is 12.0.